The van der Waals surface area contributed by atoms with Crippen molar-refractivity contribution >= 4 is 56.0 Å². The monoisotopic (exact) mass is 218 g/mol. The van der Waals surface area contributed by atoms with E-state index in [2.05, 4.69) is 45.7 Å². The summed E-state index contributed by atoms with van der Waals surface area (Å²) < 4.78 is -0.901. The molecule has 0 fully saturated rings. The lowest BCUT2D eigenvalue weighted by Crippen LogP contribution is -2.21. The third-order valence-electron chi connectivity index (χ3n) is 1.08. The standard InChI is InChI=1S/C5H6O2S2Si2/c6-3(8)1-2-5(10,11)4(7)9/h1-2H2,(H,6,8)(H,7,9). The van der Waals surface area contributed by atoms with Crippen molar-refractivity contribution in [2.75, 3.05) is 0 Å². The molecule has 0 atom stereocenters. The van der Waals surface area contributed by atoms with E-state index in [9.17, 15) is 9.59 Å². The average molecular weight is 218 g/mol. The first kappa shape index (κ1) is 11.5. The first-order chi connectivity index (χ1) is 4.86. The van der Waals surface area contributed by atoms with Crippen LogP contribution in [0.15, 0.2) is 0 Å². The van der Waals surface area contributed by atoms with Crippen molar-refractivity contribution < 1.29 is 9.59 Å². The van der Waals surface area contributed by atoms with Crippen molar-refractivity contribution in [2.24, 2.45) is 0 Å². The van der Waals surface area contributed by atoms with Gasteiger partial charge < -0.3 is 0 Å². The molecule has 0 rings (SSSR count). The lowest BCUT2D eigenvalue weighted by molar-refractivity contribution is -0.112. The smallest absolute Gasteiger partial charge is 0.185 e. The van der Waals surface area contributed by atoms with Gasteiger partial charge in [0.05, 0.1) is 0 Å². The van der Waals surface area contributed by atoms with Crippen LogP contribution < -0.4 is 0 Å². The molecule has 0 heterocycles. The van der Waals surface area contributed by atoms with Crippen molar-refractivity contribution in [3.05, 3.63) is 0 Å². The first-order valence-electron chi connectivity index (χ1n) is 2.81. The molecule has 0 saturated carbocycles. The van der Waals surface area contributed by atoms with Gasteiger partial charge >= 0.3 is 0 Å². The lowest BCUT2D eigenvalue weighted by atomic mass is 10.2. The van der Waals surface area contributed by atoms with Gasteiger partial charge in [-0.05, 0) is 6.42 Å². The van der Waals surface area contributed by atoms with Crippen molar-refractivity contribution in [2.45, 2.75) is 17.5 Å². The molecule has 0 aromatic rings. The highest BCUT2D eigenvalue weighted by Crippen LogP contribution is 2.26. The Morgan fingerprint density at radius 1 is 1.27 bits per heavy atom. The van der Waals surface area contributed by atoms with Crippen LogP contribution in [0.5, 0.6) is 0 Å². The number of thiol groups is 2. The van der Waals surface area contributed by atoms with E-state index in [1.807, 2.05) is 0 Å². The van der Waals surface area contributed by atoms with E-state index < -0.39 is 4.66 Å². The van der Waals surface area contributed by atoms with Crippen LogP contribution in [-0.4, -0.2) is 30.7 Å². The summed E-state index contributed by atoms with van der Waals surface area (Å²) in [4.78, 5) is 21.1. The van der Waals surface area contributed by atoms with Gasteiger partial charge in [-0.25, -0.2) is 0 Å². The molecule has 0 saturated heterocycles. The van der Waals surface area contributed by atoms with Crippen molar-refractivity contribution in [1.82, 2.24) is 0 Å². The molecule has 6 heteroatoms. The van der Waals surface area contributed by atoms with E-state index in [0.717, 1.165) is 0 Å². The second kappa shape index (κ2) is 4.49. The molecule has 0 bridgehead atoms. The Hall–Kier alpha value is 0.474. The number of carbonyl (C=O) groups is 2. The van der Waals surface area contributed by atoms with Gasteiger partial charge in [0.2, 0.25) is 0 Å². The van der Waals surface area contributed by atoms with E-state index >= 15 is 0 Å². The van der Waals surface area contributed by atoms with E-state index in [4.69, 9.17) is 0 Å². The molecule has 0 unspecified atom stereocenters. The third kappa shape index (κ3) is 4.83. The maximum Gasteiger partial charge on any atom is 0.185 e. The minimum atomic E-state index is -0.901. The predicted molar refractivity (Wildman–Crippen MR) is 51.4 cm³/mol. The highest BCUT2D eigenvalue weighted by Gasteiger charge is 2.24. The van der Waals surface area contributed by atoms with Crippen molar-refractivity contribution in [3.8, 4) is 0 Å². The van der Waals surface area contributed by atoms with Crippen LogP contribution in [0, 0.1) is 0 Å². The molecule has 0 aromatic heterocycles. The zero-order valence-corrected chi connectivity index (χ0v) is 9.41. The van der Waals surface area contributed by atoms with Gasteiger partial charge in [-0.2, -0.15) is 0 Å². The predicted octanol–water partition coefficient (Wildman–Crippen LogP) is 0.133. The largest absolute Gasteiger partial charge is 0.288 e. The van der Waals surface area contributed by atoms with Crippen LogP contribution in [0.25, 0.3) is 0 Å². The third-order valence-corrected chi connectivity index (χ3v) is 3.06. The van der Waals surface area contributed by atoms with Gasteiger partial charge in [0.1, 0.15) is 0 Å². The second-order valence-corrected chi connectivity index (χ2v) is 5.22. The van der Waals surface area contributed by atoms with E-state index in [-0.39, 0.29) is 16.7 Å². The summed E-state index contributed by atoms with van der Waals surface area (Å²) in [6, 6.07) is 0. The quantitative estimate of drug-likeness (QED) is 0.520. The summed E-state index contributed by atoms with van der Waals surface area (Å²) in [6.45, 7) is 0. The van der Waals surface area contributed by atoms with E-state index in [1.165, 1.54) is 0 Å². The number of carbonyl (C=O) groups excluding carboxylic acids is 2. The molecular weight excluding hydrogens is 212 g/mol. The van der Waals surface area contributed by atoms with Gasteiger partial charge in [0, 0.05) is 31.6 Å². The lowest BCUT2D eigenvalue weighted by Gasteiger charge is -2.17. The Bertz CT molecular complexity index is 181. The fraction of sp³-hybridized carbons (Fsp3) is 0.600. The summed E-state index contributed by atoms with van der Waals surface area (Å²) in [5.41, 5.74) is 0. The Morgan fingerprint density at radius 3 is 2.00 bits per heavy atom. The Balaban J connectivity index is 3.92. The molecular formula is C5H6O2S2Si2. The molecule has 6 radical (unpaired) electrons. The SMILES string of the molecule is O=C(S)CCC([Si])([Si])C(=O)S. The van der Waals surface area contributed by atoms with Gasteiger partial charge in [-0.1, -0.05) is 0 Å². The number of hydrogen-bond acceptors (Lipinski definition) is 2. The molecule has 0 spiro atoms. The molecule has 2 nitrogen and oxygen atoms in total. The topological polar surface area (TPSA) is 34.1 Å². The summed E-state index contributed by atoms with van der Waals surface area (Å²) in [5, 5.41) is -0.610. The molecule has 0 N–H and O–H groups in total. The summed E-state index contributed by atoms with van der Waals surface area (Å²) in [5.74, 6) is 0. The van der Waals surface area contributed by atoms with Gasteiger partial charge in [-0.15, -0.1) is 25.3 Å². The second-order valence-electron chi connectivity index (χ2n) is 2.10. The zero-order chi connectivity index (χ0) is 9.07. The first-order valence-corrected chi connectivity index (χ1v) is 4.71. The van der Waals surface area contributed by atoms with Crippen molar-refractivity contribution in [1.29, 1.82) is 0 Å². The van der Waals surface area contributed by atoms with Crippen molar-refractivity contribution in [3.63, 3.8) is 0 Å². The summed E-state index contributed by atoms with van der Waals surface area (Å²) in [7, 11) is 6.26. The maximum absolute atomic E-state index is 10.7. The Morgan fingerprint density at radius 2 is 1.73 bits per heavy atom. The fourth-order valence-electron chi connectivity index (χ4n) is 0.401. The minimum Gasteiger partial charge on any atom is -0.288 e. The molecule has 11 heavy (non-hydrogen) atoms. The van der Waals surface area contributed by atoms with Crippen LogP contribution in [0.3, 0.4) is 0 Å². The maximum atomic E-state index is 10.7. The number of rotatable bonds is 4. The fourth-order valence-corrected chi connectivity index (χ4v) is 0.875. The highest BCUT2D eigenvalue weighted by atomic mass is 32.1. The number of hydrogen-bond donors (Lipinski definition) is 2. The van der Waals surface area contributed by atoms with Crippen LogP contribution >= 0.6 is 25.3 Å². The minimum absolute atomic E-state index is 0.225. The molecule has 0 aromatic carbocycles. The van der Waals surface area contributed by atoms with Gasteiger partial charge in [0.15, 0.2) is 10.2 Å². The van der Waals surface area contributed by atoms with Gasteiger partial charge in [-0.3, -0.25) is 9.59 Å². The van der Waals surface area contributed by atoms with Crippen LogP contribution in [0.2, 0.25) is 4.66 Å². The Kier molecular flexibility index (Phi) is 4.68. The van der Waals surface area contributed by atoms with E-state index in [0.29, 0.717) is 6.42 Å². The highest BCUT2D eigenvalue weighted by molar-refractivity contribution is 7.97. The van der Waals surface area contributed by atoms with Crippen LogP contribution in [0.1, 0.15) is 12.8 Å². The normalized spacial score (nSPS) is 11.3. The summed E-state index contributed by atoms with van der Waals surface area (Å²) >= 11 is 7.17. The molecule has 0 amide bonds. The molecule has 0 aliphatic rings. The molecule has 0 aliphatic carbocycles. The van der Waals surface area contributed by atoms with E-state index in [1.54, 1.807) is 0 Å². The molecule has 58 valence electrons. The van der Waals surface area contributed by atoms with Gasteiger partial charge in [0.25, 0.3) is 0 Å². The zero-order valence-electron chi connectivity index (χ0n) is 5.63. The molecule has 0 aliphatic heterocycles. The van der Waals surface area contributed by atoms with Crippen LogP contribution in [0.4, 0.5) is 0 Å². The Labute approximate surface area is 83.2 Å². The summed E-state index contributed by atoms with van der Waals surface area (Å²) in [6.07, 6.45) is 0.563. The van der Waals surface area contributed by atoms with Crippen LogP contribution in [-0.2, 0) is 9.59 Å². The average Bonchev–Trinajstić information content (AvgIpc) is 1.84.